The second-order valence-corrected chi connectivity index (χ2v) is 4.92. The van der Waals surface area contributed by atoms with Gasteiger partial charge in [-0.05, 0) is 45.8 Å². The summed E-state index contributed by atoms with van der Waals surface area (Å²) in [5.41, 5.74) is 1.47. The van der Waals surface area contributed by atoms with Gasteiger partial charge in [0.15, 0.2) is 0 Å². The Bertz CT molecular complexity index is 382. The first-order valence-corrected chi connectivity index (χ1v) is 6.78. The lowest BCUT2D eigenvalue weighted by Crippen LogP contribution is -2.33. The first kappa shape index (κ1) is 13.1. The number of aromatic nitrogens is 2. The topological polar surface area (TPSA) is 61.0 Å². The van der Waals surface area contributed by atoms with Crippen molar-refractivity contribution in [1.82, 2.24) is 20.4 Å². The number of hydrogen-bond acceptors (Lipinski definition) is 3. The van der Waals surface area contributed by atoms with Gasteiger partial charge in [0, 0.05) is 12.2 Å². The van der Waals surface area contributed by atoms with Gasteiger partial charge in [0.25, 0.3) is 5.91 Å². The first-order chi connectivity index (χ1) is 8.77. The maximum absolute atomic E-state index is 11.8. The Kier molecular flexibility index (Phi) is 4.75. The monoisotopic (exact) mass is 250 g/mol. The van der Waals surface area contributed by atoms with E-state index in [-0.39, 0.29) is 5.91 Å². The van der Waals surface area contributed by atoms with E-state index in [9.17, 15) is 4.79 Å². The molecule has 2 rings (SSSR count). The van der Waals surface area contributed by atoms with Gasteiger partial charge in [-0.2, -0.15) is 5.10 Å². The number of piperidine rings is 1. The minimum absolute atomic E-state index is 0.0279. The lowest BCUT2D eigenvalue weighted by molar-refractivity contribution is 0.0950. The number of aromatic amines is 1. The van der Waals surface area contributed by atoms with Crippen LogP contribution in [0.25, 0.3) is 0 Å². The van der Waals surface area contributed by atoms with E-state index in [1.807, 2.05) is 6.92 Å². The molecule has 5 heteroatoms. The number of nitrogens with zero attached hydrogens (tertiary/aromatic N) is 2. The molecule has 0 aliphatic carbocycles. The molecule has 1 aromatic heterocycles. The predicted octanol–water partition coefficient (Wildman–Crippen LogP) is 1.32. The van der Waals surface area contributed by atoms with Crippen LogP contribution >= 0.6 is 0 Å². The van der Waals surface area contributed by atoms with Crippen molar-refractivity contribution < 1.29 is 4.79 Å². The minimum Gasteiger partial charge on any atom is -0.352 e. The van der Waals surface area contributed by atoms with Crippen molar-refractivity contribution in [2.75, 3.05) is 26.2 Å². The molecular formula is C13H22N4O. The summed E-state index contributed by atoms with van der Waals surface area (Å²) >= 11 is 0. The molecule has 1 fully saturated rings. The van der Waals surface area contributed by atoms with Crippen molar-refractivity contribution >= 4 is 5.91 Å². The van der Waals surface area contributed by atoms with E-state index in [0.29, 0.717) is 5.56 Å². The van der Waals surface area contributed by atoms with Gasteiger partial charge >= 0.3 is 0 Å². The van der Waals surface area contributed by atoms with Gasteiger partial charge in [0.2, 0.25) is 0 Å². The molecule has 0 saturated carbocycles. The van der Waals surface area contributed by atoms with E-state index in [1.54, 1.807) is 6.20 Å². The van der Waals surface area contributed by atoms with Crippen molar-refractivity contribution in [1.29, 1.82) is 0 Å². The molecule has 1 aliphatic heterocycles. The molecule has 0 aromatic carbocycles. The van der Waals surface area contributed by atoms with Crippen LogP contribution in [0.3, 0.4) is 0 Å². The number of nitrogens with one attached hydrogen (secondary N) is 2. The molecule has 5 nitrogen and oxygen atoms in total. The molecule has 0 bridgehead atoms. The number of carbonyl (C=O) groups excluding carboxylic acids is 1. The Morgan fingerprint density at radius 2 is 2.22 bits per heavy atom. The van der Waals surface area contributed by atoms with Gasteiger partial charge < -0.3 is 10.2 Å². The zero-order valence-corrected chi connectivity index (χ0v) is 11.0. The normalized spacial score (nSPS) is 16.7. The van der Waals surface area contributed by atoms with Crippen LogP contribution in [-0.4, -0.2) is 47.2 Å². The molecule has 2 N–H and O–H groups in total. The number of H-pyrrole nitrogens is 1. The standard InChI is InChI=1S/C13H22N4O/c1-11-12(10-15-16-11)13(18)14-6-5-9-17-7-3-2-4-8-17/h10H,2-9H2,1H3,(H,14,18)(H,15,16). The predicted molar refractivity (Wildman–Crippen MR) is 70.6 cm³/mol. The van der Waals surface area contributed by atoms with Crippen LogP contribution in [0.5, 0.6) is 0 Å². The summed E-state index contributed by atoms with van der Waals surface area (Å²) in [4.78, 5) is 14.3. The summed E-state index contributed by atoms with van der Waals surface area (Å²) < 4.78 is 0. The molecule has 18 heavy (non-hydrogen) atoms. The molecule has 0 radical (unpaired) electrons. The third-order valence-corrected chi connectivity index (χ3v) is 3.46. The number of amides is 1. The number of aryl methyl sites for hydroxylation is 1. The van der Waals surface area contributed by atoms with Gasteiger partial charge in [-0.25, -0.2) is 0 Å². The molecule has 100 valence electrons. The van der Waals surface area contributed by atoms with Gasteiger partial charge in [0.1, 0.15) is 0 Å². The quantitative estimate of drug-likeness (QED) is 0.775. The third-order valence-electron chi connectivity index (χ3n) is 3.46. The summed E-state index contributed by atoms with van der Waals surface area (Å²) in [5.74, 6) is -0.0279. The Balaban J connectivity index is 1.63. The van der Waals surface area contributed by atoms with Crippen LogP contribution in [-0.2, 0) is 0 Å². The number of rotatable bonds is 5. The Morgan fingerprint density at radius 1 is 1.44 bits per heavy atom. The van der Waals surface area contributed by atoms with E-state index in [4.69, 9.17) is 0 Å². The highest BCUT2D eigenvalue weighted by molar-refractivity contribution is 5.94. The highest BCUT2D eigenvalue weighted by atomic mass is 16.1. The highest BCUT2D eigenvalue weighted by Crippen LogP contribution is 2.08. The Morgan fingerprint density at radius 3 is 2.89 bits per heavy atom. The molecule has 1 amide bonds. The van der Waals surface area contributed by atoms with Crippen molar-refractivity contribution in [3.8, 4) is 0 Å². The van der Waals surface area contributed by atoms with Crippen molar-refractivity contribution in [2.45, 2.75) is 32.6 Å². The molecule has 0 spiro atoms. The summed E-state index contributed by atoms with van der Waals surface area (Å²) in [5, 5.41) is 9.56. The Hall–Kier alpha value is -1.36. The van der Waals surface area contributed by atoms with Crippen LogP contribution in [0.1, 0.15) is 41.7 Å². The van der Waals surface area contributed by atoms with E-state index in [1.165, 1.54) is 32.4 Å². The average Bonchev–Trinajstić information content (AvgIpc) is 2.82. The van der Waals surface area contributed by atoms with Gasteiger partial charge in [0.05, 0.1) is 11.8 Å². The van der Waals surface area contributed by atoms with Crippen LogP contribution in [0, 0.1) is 6.92 Å². The SMILES string of the molecule is Cc1[nH]ncc1C(=O)NCCCN1CCCCC1. The second-order valence-electron chi connectivity index (χ2n) is 4.92. The fraction of sp³-hybridized carbons (Fsp3) is 0.692. The average molecular weight is 250 g/mol. The van der Waals surface area contributed by atoms with E-state index in [0.717, 1.165) is 25.2 Å². The summed E-state index contributed by atoms with van der Waals surface area (Å²) in [6.45, 7) is 6.11. The fourth-order valence-corrected chi connectivity index (χ4v) is 2.36. The maximum Gasteiger partial charge on any atom is 0.254 e. The van der Waals surface area contributed by atoms with E-state index < -0.39 is 0 Å². The zero-order valence-electron chi connectivity index (χ0n) is 11.0. The number of hydrogen-bond donors (Lipinski definition) is 2. The number of likely N-dealkylation sites (tertiary alicyclic amines) is 1. The fourth-order valence-electron chi connectivity index (χ4n) is 2.36. The molecular weight excluding hydrogens is 228 g/mol. The first-order valence-electron chi connectivity index (χ1n) is 6.78. The van der Waals surface area contributed by atoms with Crippen LogP contribution in [0.4, 0.5) is 0 Å². The largest absolute Gasteiger partial charge is 0.352 e. The summed E-state index contributed by atoms with van der Waals surface area (Å²) in [7, 11) is 0. The van der Waals surface area contributed by atoms with Gasteiger partial charge in [-0.15, -0.1) is 0 Å². The molecule has 1 aliphatic rings. The molecule has 1 aromatic rings. The van der Waals surface area contributed by atoms with Crippen molar-refractivity contribution in [3.05, 3.63) is 17.5 Å². The number of carbonyl (C=O) groups is 1. The highest BCUT2D eigenvalue weighted by Gasteiger charge is 2.11. The summed E-state index contributed by atoms with van der Waals surface area (Å²) in [6.07, 6.45) is 6.60. The summed E-state index contributed by atoms with van der Waals surface area (Å²) in [6, 6.07) is 0. The lowest BCUT2D eigenvalue weighted by Gasteiger charge is -2.26. The molecule has 0 atom stereocenters. The van der Waals surface area contributed by atoms with Crippen LogP contribution in [0.2, 0.25) is 0 Å². The van der Waals surface area contributed by atoms with E-state index in [2.05, 4.69) is 20.4 Å². The van der Waals surface area contributed by atoms with Gasteiger partial charge in [-0.1, -0.05) is 6.42 Å². The smallest absolute Gasteiger partial charge is 0.254 e. The van der Waals surface area contributed by atoms with Crippen LogP contribution in [0.15, 0.2) is 6.20 Å². The second kappa shape index (κ2) is 6.54. The Labute approximate surface area is 108 Å². The minimum atomic E-state index is -0.0279. The van der Waals surface area contributed by atoms with Crippen molar-refractivity contribution in [2.24, 2.45) is 0 Å². The molecule has 1 saturated heterocycles. The van der Waals surface area contributed by atoms with Crippen LogP contribution < -0.4 is 5.32 Å². The molecule has 2 heterocycles. The van der Waals surface area contributed by atoms with E-state index >= 15 is 0 Å². The van der Waals surface area contributed by atoms with Crippen molar-refractivity contribution in [3.63, 3.8) is 0 Å². The third kappa shape index (κ3) is 3.57. The molecule has 0 unspecified atom stereocenters. The van der Waals surface area contributed by atoms with Gasteiger partial charge in [-0.3, -0.25) is 9.89 Å². The lowest BCUT2D eigenvalue weighted by atomic mass is 10.1. The zero-order chi connectivity index (χ0) is 12.8. The maximum atomic E-state index is 11.8.